The van der Waals surface area contributed by atoms with Crippen molar-refractivity contribution in [3.63, 3.8) is 0 Å². The maximum absolute atomic E-state index is 12.1. The Morgan fingerprint density at radius 1 is 1.36 bits per heavy atom. The van der Waals surface area contributed by atoms with Crippen LogP contribution in [-0.4, -0.2) is 46.1 Å². The monoisotopic (exact) mass is 343 g/mol. The molecular formula is C17H21N5O3. The molecule has 1 saturated heterocycles. The minimum Gasteiger partial charge on any atom is -0.341 e. The third-order valence-electron chi connectivity index (χ3n) is 3.96. The summed E-state index contributed by atoms with van der Waals surface area (Å²) in [6.45, 7) is 5.08. The summed E-state index contributed by atoms with van der Waals surface area (Å²) in [5, 5.41) is 9.36. The van der Waals surface area contributed by atoms with Crippen molar-refractivity contribution < 1.29 is 14.1 Å². The number of likely N-dealkylation sites (tertiary alicyclic amines) is 1. The van der Waals surface area contributed by atoms with E-state index in [1.165, 1.54) is 0 Å². The number of aromatic nitrogens is 2. The van der Waals surface area contributed by atoms with Crippen LogP contribution in [0.5, 0.6) is 0 Å². The van der Waals surface area contributed by atoms with Gasteiger partial charge < -0.3 is 20.1 Å². The van der Waals surface area contributed by atoms with E-state index in [4.69, 9.17) is 4.52 Å². The molecule has 8 nitrogen and oxygen atoms in total. The molecule has 0 radical (unpaired) electrons. The second kappa shape index (κ2) is 7.33. The Labute approximate surface area is 145 Å². The lowest BCUT2D eigenvalue weighted by molar-refractivity contribution is -0.127. The summed E-state index contributed by atoms with van der Waals surface area (Å²) in [7, 11) is 0. The number of nitrogens with zero attached hydrogens (tertiary/aromatic N) is 3. The average molecular weight is 343 g/mol. The second-order valence-corrected chi connectivity index (χ2v) is 6.06. The van der Waals surface area contributed by atoms with Crippen LogP contribution in [0.1, 0.15) is 25.6 Å². The van der Waals surface area contributed by atoms with E-state index in [1.54, 1.807) is 36.1 Å². The predicted molar refractivity (Wildman–Crippen MR) is 91.9 cm³/mol. The van der Waals surface area contributed by atoms with Gasteiger partial charge in [0.1, 0.15) is 0 Å². The lowest BCUT2D eigenvalue weighted by Crippen LogP contribution is -2.39. The normalized spacial score (nSPS) is 17.0. The Kier molecular flexibility index (Phi) is 4.97. The zero-order valence-electron chi connectivity index (χ0n) is 14.3. The molecule has 1 aliphatic rings. The van der Waals surface area contributed by atoms with Gasteiger partial charge >= 0.3 is 6.03 Å². The number of carbonyl (C=O) groups is 2. The Morgan fingerprint density at radius 2 is 2.12 bits per heavy atom. The van der Waals surface area contributed by atoms with Gasteiger partial charge in [-0.05, 0) is 37.6 Å². The van der Waals surface area contributed by atoms with E-state index in [-0.39, 0.29) is 18.0 Å². The number of hydrogen-bond donors (Lipinski definition) is 2. The van der Waals surface area contributed by atoms with Crippen molar-refractivity contribution in [3.05, 3.63) is 30.1 Å². The van der Waals surface area contributed by atoms with Crippen molar-refractivity contribution in [1.82, 2.24) is 20.4 Å². The number of carbonyl (C=O) groups excluding carboxylic acids is 2. The fourth-order valence-corrected chi connectivity index (χ4v) is 2.82. The van der Waals surface area contributed by atoms with Crippen LogP contribution in [0.25, 0.3) is 11.5 Å². The van der Waals surface area contributed by atoms with E-state index in [0.717, 1.165) is 18.5 Å². The molecule has 1 aromatic heterocycles. The highest BCUT2D eigenvalue weighted by Crippen LogP contribution is 2.19. The van der Waals surface area contributed by atoms with Gasteiger partial charge in [-0.1, -0.05) is 12.1 Å². The van der Waals surface area contributed by atoms with Crippen molar-refractivity contribution >= 4 is 17.6 Å². The maximum atomic E-state index is 12.1. The number of anilines is 1. The van der Waals surface area contributed by atoms with Gasteiger partial charge in [0.25, 0.3) is 5.89 Å². The zero-order chi connectivity index (χ0) is 17.8. The van der Waals surface area contributed by atoms with Gasteiger partial charge in [-0.25, -0.2) is 4.79 Å². The summed E-state index contributed by atoms with van der Waals surface area (Å²) in [6, 6.07) is 6.64. The van der Waals surface area contributed by atoms with Crippen molar-refractivity contribution in [2.45, 2.75) is 32.7 Å². The smallest absolute Gasteiger partial charge is 0.319 e. The highest BCUT2D eigenvalue weighted by atomic mass is 16.5. The summed E-state index contributed by atoms with van der Waals surface area (Å²) in [5.74, 6) is 1.10. The topological polar surface area (TPSA) is 100 Å². The van der Waals surface area contributed by atoms with E-state index >= 15 is 0 Å². The number of nitrogens with one attached hydrogen (secondary N) is 2. The lowest BCUT2D eigenvalue weighted by atomic mass is 10.2. The Bertz CT molecular complexity index is 756. The molecule has 0 unspecified atom stereocenters. The molecule has 3 amide bonds. The first-order valence-electron chi connectivity index (χ1n) is 8.31. The first-order valence-corrected chi connectivity index (χ1v) is 8.31. The van der Waals surface area contributed by atoms with Crippen LogP contribution in [0.4, 0.5) is 10.5 Å². The van der Waals surface area contributed by atoms with Gasteiger partial charge in [-0.3, -0.25) is 4.79 Å². The van der Waals surface area contributed by atoms with Gasteiger partial charge in [-0.2, -0.15) is 4.98 Å². The Morgan fingerprint density at radius 3 is 2.76 bits per heavy atom. The summed E-state index contributed by atoms with van der Waals surface area (Å²) in [4.78, 5) is 29.9. The highest BCUT2D eigenvalue weighted by molar-refractivity contribution is 5.90. The van der Waals surface area contributed by atoms with Crippen molar-refractivity contribution in [3.8, 4) is 11.5 Å². The lowest BCUT2D eigenvalue weighted by Gasteiger charge is -2.16. The van der Waals surface area contributed by atoms with Gasteiger partial charge in [0.15, 0.2) is 5.82 Å². The molecule has 1 aliphatic heterocycles. The number of benzene rings is 1. The molecule has 3 rings (SSSR count). The Balaban J connectivity index is 1.54. The standard InChI is InChI=1S/C17H21N5O3/c1-3-8-22-10-14(9-15(22)23)20-17(24)19-13-6-4-12(5-7-13)16-18-11(2)21-25-16/h4-7,14H,3,8-10H2,1-2H3,(H2,19,20,24)/t14-/m1/s1. The quantitative estimate of drug-likeness (QED) is 0.866. The number of amides is 3. The van der Waals surface area contributed by atoms with Crippen molar-refractivity contribution in [1.29, 1.82) is 0 Å². The van der Waals surface area contributed by atoms with Crippen LogP contribution in [0.15, 0.2) is 28.8 Å². The molecule has 8 heteroatoms. The molecule has 132 valence electrons. The van der Waals surface area contributed by atoms with E-state index in [9.17, 15) is 9.59 Å². The van der Waals surface area contributed by atoms with Crippen LogP contribution in [0, 0.1) is 6.92 Å². The SMILES string of the molecule is CCCN1C[C@H](NC(=O)Nc2ccc(-c3nc(C)no3)cc2)CC1=O. The van der Waals surface area contributed by atoms with Crippen LogP contribution >= 0.6 is 0 Å². The molecule has 0 saturated carbocycles. The third kappa shape index (κ3) is 4.14. The molecule has 2 heterocycles. The predicted octanol–water partition coefficient (Wildman–Crippen LogP) is 2.18. The first kappa shape index (κ1) is 16.9. The van der Waals surface area contributed by atoms with E-state index < -0.39 is 0 Å². The summed E-state index contributed by atoms with van der Waals surface area (Å²) in [5.41, 5.74) is 1.43. The zero-order valence-corrected chi connectivity index (χ0v) is 14.3. The molecule has 0 spiro atoms. The fourth-order valence-electron chi connectivity index (χ4n) is 2.82. The van der Waals surface area contributed by atoms with Crippen LogP contribution < -0.4 is 10.6 Å². The Hall–Kier alpha value is -2.90. The third-order valence-corrected chi connectivity index (χ3v) is 3.96. The van der Waals surface area contributed by atoms with Crippen molar-refractivity contribution in [2.24, 2.45) is 0 Å². The molecular weight excluding hydrogens is 322 g/mol. The molecule has 25 heavy (non-hydrogen) atoms. The van der Waals surface area contributed by atoms with Crippen LogP contribution in [0.2, 0.25) is 0 Å². The van der Waals surface area contributed by atoms with E-state index in [2.05, 4.69) is 20.8 Å². The molecule has 1 atom stereocenters. The summed E-state index contributed by atoms with van der Waals surface area (Å²) < 4.78 is 5.10. The van der Waals surface area contributed by atoms with Gasteiger partial charge in [-0.15, -0.1) is 0 Å². The molecule has 2 aromatic rings. The molecule has 0 aliphatic carbocycles. The maximum Gasteiger partial charge on any atom is 0.319 e. The van der Waals surface area contributed by atoms with E-state index in [1.807, 2.05) is 6.92 Å². The second-order valence-electron chi connectivity index (χ2n) is 6.06. The van der Waals surface area contributed by atoms with Gasteiger partial charge in [0, 0.05) is 30.8 Å². The minimum atomic E-state index is -0.322. The number of aryl methyl sites for hydroxylation is 1. The average Bonchev–Trinajstić information content (AvgIpc) is 3.15. The van der Waals surface area contributed by atoms with Crippen molar-refractivity contribution in [2.75, 3.05) is 18.4 Å². The summed E-state index contributed by atoms with van der Waals surface area (Å²) in [6.07, 6.45) is 1.26. The largest absolute Gasteiger partial charge is 0.341 e. The number of urea groups is 1. The minimum absolute atomic E-state index is 0.0892. The van der Waals surface area contributed by atoms with E-state index in [0.29, 0.717) is 30.4 Å². The fraction of sp³-hybridized carbons (Fsp3) is 0.412. The summed E-state index contributed by atoms with van der Waals surface area (Å²) >= 11 is 0. The molecule has 0 bridgehead atoms. The highest BCUT2D eigenvalue weighted by Gasteiger charge is 2.29. The molecule has 1 fully saturated rings. The molecule has 1 aromatic carbocycles. The number of hydrogen-bond acceptors (Lipinski definition) is 5. The molecule has 2 N–H and O–H groups in total. The number of rotatable bonds is 5. The van der Waals surface area contributed by atoms with Crippen LogP contribution in [0.3, 0.4) is 0 Å². The van der Waals surface area contributed by atoms with Crippen LogP contribution in [-0.2, 0) is 4.79 Å². The van der Waals surface area contributed by atoms with Gasteiger partial charge in [0.2, 0.25) is 5.91 Å². The van der Waals surface area contributed by atoms with Gasteiger partial charge in [0.05, 0.1) is 6.04 Å². The first-order chi connectivity index (χ1) is 12.0.